The van der Waals surface area contributed by atoms with Crippen LogP contribution in [0.2, 0.25) is 0 Å². The summed E-state index contributed by atoms with van der Waals surface area (Å²) in [6.45, 7) is 14.2. The average molecular weight is 868 g/mol. The van der Waals surface area contributed by atoms with Crippen LogP contribution in [0.5, 0.6) is 0 Å². The van der Waals surface area contributed by atoms with Crippen LogP contribution in [0, 0.1) is 17.8 Å². The number of aliphatic hydroxyl groups excluding tert-OH is 1. The molecule has 4 aromatic rings. The fourth-order valence-electron chi connectivity index (χ4n) is 6.94. The lowest BCUT2D eigenvalue weighted by molar-refractivity contribution is -0.133. The number of aryl methyl sites for hydroxylation is 1. The number of benzene rings is 1. The summed E-state index contributed by atoms with van der Waals surface area (Å²) in [7, 11) is 2.82. The highest BCUT2D eigenvalue weighted by Crippen LogP contribution is 2.30. The Balaban J connectivity index is 1.40. The van der Waals surface area contributed by atoms with Gasteiger partial charge in [0.15, 0.2) is 0 Å². The Morgan fingerprint density at radius 1 is 0.967 bits per heavy atom. The molecule has 0 bridgehead atoms. The van der Waals surface area contributed by atoms with Crippen LogP contribution in [0.3, 0.4) is 0 Å². The van der Waals surface area contributed by atoms with Gasteiger partial charge in [0.25, 0.3) is 5.91 Å². The zero-order valence-corrected chi connectivity index (χ0v) is 37.3. The summed E-state index contributed by atoms with van der Waals surface area (Å²) in [4.78, 5) is 67.4. The molecule has 0 spiro atoms. The monoisotopic (exact) mass is 867 g/mol. The third-order valence-electron chi connectivity index (χ3n) is 9.82. The number of carbonyl (C=O) groups excluding carboxylic acids is 4. The Hall–Kier alpha value is -4.95. The van der Waals surface area contributed by atoms with Crippen LogP contribution in [0.25, 0.3) is 10.7 Å². The van der Waals surface area contributed by atoms with Gasteiger partial charge >= 0.3 is 12.1 Å². The van der Waals surface area contributed by atoms with E-state index in [9.17, 15) is 24.3 Å². The van der Waals surface area contributed by atoms with Crippen molar-refractivity contribution < 1.29 is 38.3 Å². The normalized spacial score (nSPS) is 15.5. The Labute approximate surface area is 358 Å². The number of urea groups is 1. The molecule has 4 N–H and O–H groups in total. The van der Waals surface area contributed by atoms with E-state index in [0.29, 0.717) is 48.4 Å². The molecule has 1 aliphatic rings. The highest BCUT2D eigenvalue weighted by molar-refractivity contribution is 7.13. The third-order valence-corrected chi connectivity index (χ3v) is 11.6. The van der Waals surface area contributed by atoms with Crippen molar-refractivity contribution in [1.29, 1.82) is 0 Å². The summed E-state index contributed by atoms with van der Waals surface area (Å²) in [5.74, 6) is -0.348. The molecule has 326 valence electrons. The summed E-state index contributed by atoms with van der Waals surface area (Å²) in [5, 5.41) is 28.6. The quantitative estimate of drug-likeness (QED) is 0.100. The Kier molecular flexibility index (Phi) is 15.4. The number of nitrogens with zero attached hydrogens (tertiary/aromatic N) is 6. The van der Waals surface area contributed by atoms with E-state index in [1.807, 2.05) is 61.9 Å². The maximum Gasteiger partial charge on any atom is 0.407 e. The molecule has 1 saturated heterocycles. The zero-order valence-electron chi connectivity index (χ0n) is 35.7. The van der Waals surface area contributed by atoms with Crippen molar-refractivity contribution in [3.63, 3.8) is 0 Å². The van der Waals surface area contributed by atoms with Gasteiger partial charge in [-0.3, -0.25) is 15.0 Å². The van der Waals surface area contributed by atoms with E-state index in [4.69, 9.17) is 19.0 Å². The molecule has 1 aliphatic heterocycles. The number of aromatic nitrogens is 3. The number of methoxy groups -OCH3 is 2. The van der Waals surface area contributed by atoms with E-state index >= 15 is 0 Å². The summed E-state index contributed by atoms with van der Waals surface area (Å²) in [6, 6.07) is 8.14. The van der Waals surface area contributed by atoms with E-state index in [-0.39, 0.29) is 25.5 Å². The second kappa shape index (κ2) is 20.1. The van der Waals surface area contributed by atoms with Crippen LogP contribution >= 0.6 is 22.7 Å². The van der Waals surface area contributed by atoms with Crippen molar-refractivity contribution in [2.45, 2.75) is 98.8 Å². The Bertz CT molecular complexity index is 2060. The van der Waals surface area contributed by atoms with Crippen LogP contribution in [0.1, 0.15) is 69.3 Å². The molecule has 0 saturated carbocycles. The van der Waals surface area contributed by atoms with Crippen molar-refractivity contribution in [2.75, 3.05) is 33.9 Å². The number of amides is 5. The molecule has 3 aromatic heterocycles. The van der Waals surface area contributed by atoms with Gasteiger partial charge in [-0.05, 0) is 29.7 Å². The molecule has 5 amide bonds. The first-order chi connectivity index (χ1) is 28.4. The SMILES string of the molecule is COCc1nc(CN2CCN(C(C(=O)NC(Cc3ccccc3)C(O)CN(Cc3csc(-c4cc(C)on4)n3)NC(=O)C(NC(=O)OC)C(C)(C)C)C(C)(C)C)C2=O)cs1. The first-order valence-corrected chi connectivity index (χ1v) is 21.4. The molecular weight excluding hydrogens is 811 g/mol. The summed E-state index contributed by atoms with van der Waals surface area (Å²) < 4.78 is 15.3. The lowest BCUT2D eigenvalue weighted by Crippen LogP contribution is -2.61. The van der Waals surface area contributed by atoms with Crippen molar-refractivity contribution in [1.82, 2.24) is 46.0 Å². The topological polar surface area (TPSA) is 205 Å². The van der Waals surface area contributed by atoms with Gasteiger partial charge in [0.05, 0.1) is 50.3 Å². The Morgan fingerprint density at radius 3 is 2.32 bits per heavy atom. The molecule has 1 aromatic carbocycles. The fraction of sp³-hybridized carbons (Fsp3) is 0.537. The lowest BCUT2D eigenvalue weighted by Gasteiger charge is -2.38. The first kappa shape index (κ1) is 46.1. The molecule has 17 nitrogen and oxygen atoms in total. The van der Waals surface area contributed by atoms with Gasteiger partial charge < -0.3 is 39.5 Å². The first-order valence-electron chi connectivity index (χ1n) is 19.6. The van der Waals surface area contributed by atoms with Crippen LogP contribution in [-0.4, -0.2) is 117 Å². The van der Waals surface area contributed by atoms with Gasteiger partial charge in [-0.2, -0.15) is 0 Å². The predicted molar refractivity (Wildman–Crippen MR) is 226 cm³/mol. The molecule has 4 heterocycles. The molecule has 1 fully saturated rings. The minimum Gasteiger partial charge on any atom is -0.453 e. The number of aliphatic hydroxyl groups is 1. The number of hydrogen-bond acceptors (Lipinski definition) is 14. The number of thiazole rings is 2. The van der Waals surface area contributed by atoms with Crippen molar-refractivity contribution in [2.24, 2.45) is 10.8 Å². The van der Waals surface area contributed by atoms with E-state index in [0.717, 1.165) is 16.3 Å². The minimum atomic E-state index is -1.26. The van der Waals surface area contributed by atoms with E-state index in [1.54, 1.807) is 50.7 Å². The maximum absolute atomic E-state index is 14.6. The number of nitrogens with one attached hydrogen (secondary N) is 3. The minimum absolute atomic E-state index is 0.0475. The zero-order chi connectivity index (χ0) is 43.8. The summed E-state index contributed by atoms with van der Waals surface area (Å²) in [5.41, 5.74) is 4.21. The van der Waals surface area contributed by atoms with Crippen LogP contribution < -0.4 is 16.1 Å². The fourth-order valence-corrected chi connectivity index (χ4v) is 8.46. The number of ether oxygens (including phenoxy) is 2. The van der Waals surface area contributed by atoms with Crippen LogP contribution in [0.15, 0.2) is 51.7 Å². The number of hydrogen-bond donors (Lipinski definition) is 4. The van der Waals surface area contributed by atoms with E-state index < -0.39 is 53.0 Å². The molecule has 19 heteroatoms. The van der Waals surface area contributed by atoms with Crippen molar-refractivity contribution >= 4 is 46.6 Å². The molecule has 4 unspecified atom stereocenters. The van der Waals surface area contributed by atoms with Gasteiger partial charge in [-0.25, -0.2) is 24.6 Å². The number of carbonyl (C=O) groups is 4. The van der Waals surface area contributed by atoms with E-state index in [2.05, 4.69) is 26.2 Å². The van der Waals surface area contributed by atoms with Crippen LogP contribution in [-0.2, 0) is 45.2 Å². The summed E-state index contributed by atoms with van der Waals surface area (Å²) >= 11 is 2.81. The Morgan fingerprint density at radius 2 is 1.68 bits per heavy atom. The van der Waals surface area contributed by atoms with Crippen LogP contribution in [0.4, 0.5) is 9.59 Å². The summed E-state index contributed by atoms with van der Waals surface area (Å²) in [6.07, 6.45) is -1.80. The standard InChI is InChI=1S/C41H57N9O8S2/c1-25-17-30(47-58-25)37-43-28(24-60-37)20-49(46-35(52)33(40(2,3)4)45-38(54)57-9)21-31(51)29(18-26-13-11-10-12-14-26)44-36(53)34(41(5,6)7)50-16-15-48(39(50)55)19-27-23-59-32(42-27)22-56-8/h10-14,17,23-24,29,31,33-34,51H,15-16,18-22H2,1-9H3,(H,44,53)(H,45,54)(H,46,52). The highest BCUT2D eigenvalue weighted by atomic mass is 32.1. The molecular formula is C41H57N9O8S2. The van der Waals surface area contributed by atoms with Gasteiger partial charge in [0, 0.05) is 43.6 Å². The van der Waals surface area contributed by atoms with Crippen molar-refractivity contribution in [3.8, 4) is 10.7 Å². The second-order valence-corrected chi connectivity index (χ2v) is 18.8. The molecule has 60 heavy (non-hydrogen) atoms. The van der Waals surface area contributed by atoms with E-state index in [1.165, 1.54) is 34.8 Å². The van der Waals surface area contributed by atoms with Gasteiger partial charge in [0.1, 0.15) is 33.6 Å². The largest absolute Gasteiger partial charge is 0.453 e. The molecule has 4 atom stereocenters. The van der Waals surface area contributed by atoms with Gasteiger partial charge in [0.2, 0.25) is 5.91 Å². The molecule has 5 rings (SSSR count). The molecule has 0 aliphatic carbocycles. The number of rotatable bonds is 18. The third kappa shape index (κ3) is 12.3. The predicted octanol–water partition coefficient (Wildman–Crippen LogP) is 4.75. The highest BCUT2D eigenvalue weighted by Gasteiger charge is 2.44. The second-order valence-electron chi connectivity index (χ2n) is 17.0. The maximum atomic E-state index is 14.6. The average Bonchev–Trinajstić information content (AvgIpc) is 4.00. The lowest BCUT2D eigenvalue weighted by atomic mass is 9.84. The van der Waals surface area contributed by atoms with Gasteiger partial charge in [-0.15, -0.1) is 22.7 Å². The van der Waals surface area contributed by atoms with Gasteiger partial charge in [-0.1, -0.05) is 77.0 Å². The van der Waals surface area contributed by atoms with Crippen molar-refractivity contribution in [3.05, 3.63) is 74.9 Å². The smallest absolute Gasteiger partial charge is 0.407 e. The molecule has 0 radical (unpaired) electrons. The number of alkyl carbamates (subject to hydrolysis) is 1. The number of hydrazine groups is 1.